The zero-order valence-corrected chi connectivity index (χ0v) is 28.3. The summed E-state index contributed by atoms with van der Waals surface area (Å²) >= 11 is 0. The number of fused-ring (bicyclic) bond motifs is 2. The summed E-state index contributed by atoms with van der Waals surface area (Å²) in [5, 5.41) is 81.3. The molecule has 0 aliphatic carbocycles. The van der Waals surface area contributed by atoms with Crippen LogP contribution in [0, 0.1) is 0 Å². The largest absolute Gasteiger partial charge is 1.00 e. The van der Waals surface area contributed by atoms with E-state index in [-0.39, 0.29) is 86.9 Å². The second-order valence-electron chi connectivity index (χ2n) is 9.55. The summed E-state index contributed by atoms with van der Waals surface area (Å²) in [5.41, 5.74) is -7.10. The third-order valence-electron chi connectivity index (χ3n) is 7.21. The number of carboxylic acids is 2. The number of rotatable bonds is 6. The molecule has 23 nitrogen and oxygen atoms in total. The monoisotopic (exact) mass is 686 g/mol. The number of aliphatic hydroxyl groups excluding tert-OH is 6. The molecule has 10 N–H and O–H groups in total. The van der Waals surface area contributed by atoms with E-state index >= 15 is 0 Å². The summed E-state index contributed by atoms with van der Waals surface area (Å²) in [6, 6.07) is 0. The third-order valence-corrected chi connectivity index (χ3v) is 7.21. The Hall–Kier alpha value is -2.72. The molecule has 8 atom stereocenters. The third kappa shape index (κ3) is 6.18. The molecule has 2 fully saturated rings. The van der Waals surface area contributed by atoms with Gasteiger partial charge in [0.25, 0.3) is 11.1 Å². The topological polar surface area (TPSA) is 379 Å². The van der Waals surface area contributed by atoms with E-state index in [1.54, 1.807) is 0 Å². The number of hydrogen-bond acceptors (Lipinski definition) is 18. The van der Waals surface area contributed by atoms with Crippen molar-refractivity contribution in [1.29, 1.82) is 0 Å². The van der Waals surface area contributed by atoms with Crippen LogP contribution in [0.1, 0.15) is 0 Å². The Morgan fingerprint density at radius 1 is 0.745 bits per heavy atom. The number of ether oxygens (including phenoxy) is 2. The molecule has 0 radical (unpaired) electrons. The molecule has 6 rings (SSSR count). The van der Waals surface area contributed by atoms with Gasteiger partial charge in [0.15, 0.2) is 22.3 Å². The fraction of sp³-hybridized carbons (Fsp3) is 0.455. The minimum absolute atomic E-state index is 0. The Balaban J connectivity index is 0.000000307. The number of nitrogens with zero attached hydrogens (tertiary/aromatic N) is 6. The Morgan fingerprint density at radius 2 is 1.09 bits per heavy atom. The van der Waals surface area contributed by atoms with Crippen molar-refractivity contribution in [2.24, 2.45) is 0 Å². The van der Waals surface area contributed by atoms with Crippen molar-refractivity contribution < 1.29 is 125 Å². The first-order chi connectivity index (χ1) is 20.9. The maximum Gasteiger partial charge on any atom is 1.00 e. The van der Waals surface area contributed by atoms with Crippen LogP contribution in [-0.4, -0.2) is 137 Å². The maximum absolute atomic E-state index is 11.6. The molecule has 2 saturated heterocycles. The van der Waals surface area contributed by atoms with Crippen molar-refractivity contribution in [2.45, 2.75) is 48.1 Å². The van der Waals surface area contributed by atoms with E-state index in [1.807, 2.05) is 0 Å². The summed E-state index contributed by atoms with van der Waals surface area (Å²) in [6.45, 7) is -1.46. The van der Waals surface area contributed by atoms with Gasteiger partial charge in [-0.15, -0.1) is 0 Å². The number of carbonyl (C=O) groups is 2. The number of carboxylic acid groups (broad SMARTS) is 2. The average molecular weight is 686 g/mol. The van der Waals surface area contributed by atoms with E-state index in [1.165, 1.54) is 0 Å². The van der Waals surface area contributed by atoms with Crippen LogP contribution in [0.15, 0.2) is 34.9 Å². The van der Waals surface area contributed by atoms with Crippen LogP contribution in [0.5, 0.6) is 0 Å². The normalized spacial score (nSPS) is 29.7. The number of H-pyrrole nitrogens is 2. The fourth-order valence-corrected chi connectivity index (χ4v) is 5.01. The number of aliphatic hydroxyl groups is 6. The van der Waals surface area contributed by atoms with Crippen LogP contribution in [-0.2, 0) is 30.5 Å². The maximum atomic E-state index is 11.6. The van der Waals surface area contributed by atoms with E-state index in [0.717, 1.165) is 34.4 Å². The summed E-state index contributed by atoms with van der Waals surface area (Å²) in [4.78, 5) is 66.1. The standard InChI is InChI=1S/2C11H12N4O7.2Na.H2O/c2*16-1-4-6(17)7(18)11(22-4,10(20)21)15-3-14-5-8(15)12-2-13-9(5)19;;;/h2*2-4,6-7,16-18H,1H2,(H,20,21)(H,12,13,19);;;1H2/q;;2*+1;/p-2/t2*4-,6-,7-,11+;;;/m11.../s1. The molecule has 2 aliphatic rings. The van der Waals surface area contributed by atoms with Crippen LogP contribution >= 0.6 is 0 Å². The number of aromatic amines is 2. The van der Waals surface area contributed by atoms with Crippen molar-refractivity contribution in [1.82, 2.24) is 39.0 Å². The van der Waals surface area contributed by atoms with Gasteiger partial charge in [0, 0.05) is 0 Å². The van der Waals surface area contributed by atoms with Crippen molar-refractivity contribution >= 4 is 34.3 Å². The molecule has 6 heterocycles. The molecule has 4 aromatic heterocycles. The first-order valence-electron chi connectivity index (χ1n) is 12.4. The van der Waals surface area contributed by atoms with Crippen LogP contribution < -0.4 is 80.4 Å². The van der Waals surface area contributed by atoms with Gasteiger partial charge in [0.1, 0.15) is 49.3 Å². The van der Waals surface area contributed by atoms with Gasteiger partial charge >= 0.3 is 59.1 Å². The van der Waals surface area contributed by atoms with Crippen LogP contribution in [0.3, 0.4) is 0 Å². The van der Waals surface area contributed by atoms with E-state index in [0.29, 0.717) is 0 Å². The molecule has 47 heavy (non-hydrogen) atoms. The predicted molar refractivity (Wildman–Crippen MR) is 134 cm³/mol. The van der Waals surface area contributed by atoms with E-state index < -0.39 is 84.3 Å². The Labute approximate surface area is 303 Å². The molecular weight excluding hydrogens is 662 g/mol. The van der Waals surface area contributed by atoms with Crippen LogP contribution in [0.25, 0.3) is 22.3 Å². The van der Waals surface area contributed by atoms with Gasteiger partial charge in [0.05, 0.1) is 37.8 Å². The summed E-state index contributed by atoms with van der Waals surface area (Å²) in [7, 11) is 0. The number of hydrogen-bond donors (Lipinski definition) is 8. The second-order valence-corrected chi connectivity index (χ2v) is 9.55. The van der Waals surface area contributed by atoms with Crippen molar-refractivity contribution in [3.05, 3.63) is 46.0 Å². The van der Waals surface area contributed by atoms with Gasteiger partial charge in [-0.25, -0.2) is 19.9 Å². The molecule has 2 aliphatic heterocycles. The molecule has 0 bridgehead atoms. The summed E-state index contributed by atoms with van der Waals surface area (Å²) in [5.74, 6) is -3.76. The minimum atomic E-state index is -2.57. The van der Waals surface area contributed by atoms with E-state index in [9.17, 15) is 49.8 Å². The number of nitrogens with one attached hydrogen (secondary N) is 2. The molecule has 0 unspecified atom stereocenters. The molecule has 25 heteroatoms. The summed E-state index contributed by atoms with van der Waals surface area (Å²) in [6.07, 6.45) is -6.09. The molecular formula is C22H24N8Na2O15. The molecule has 0 amide bonds. The number of carbonyl (C=O) groups excluding carboxylic acids is 2. The van der Waals surface area contributed by atoms with Crippen LogP contribution in [0.2, 0.25) is 0 Å². The zero-order chi connectivity index (χ0) is 32.1. The SMILES string of the molecule is O.O=C([O-])[C@@]1(n2cnc3c(=O)[nH]cnc32)O[C@H](CO)[C@@H](O)[C@H]1O.O=C([O-])[C@@]1(n2cnc3c(=O)[nH]cnc32)O[C@H](CO)[C@@H](O)[C@H]1O.[Na+].[Na+]. The average Bonchev–Trinajstić information content (AvgIpc) is 3.75. The van der Waals surface area contributed by atoms with E-state index in [4.69, 9.17) is 19.7 Å². The van der Waals surface area contributed by atoms with Gasteiger partial charge in [-0.05, 0) is 0 Å². The van der Waals surface area contributed by atoms with Gasteiger partial charge in [-0.3, -0.25) is 18.7 Å². The molecule has 0 spiro atoms. The quantitative estimate of drug-likeness (QED) is 0.0872. The van der Waals surface area contributed by atoms with Crippen molar-refractivity contribution in [3.63, 3.8) is 0 Å². The Morgan fingerprint density at radius 3 is 1.36 bits per heavy atom. The first-order valence-corrected chi connectivity index (χ1v) is 12.4. The summed E-state index contributed by atoms with van der Waals surface area (Å²) < 4.78 is 11.8. The van der Waals surface area contributed by atoms with Gasteiger partial charge in [-0.2, -0.15) is 0 Å². The smallest absolute Gasteiger partial charge is 0.545 e. The molecule has 0 saturated carbocycles. The minimum Gasteiger partial charge on any atom is -0.545 e. The van der Waals surface area contributed by atoms with Gasteiger partial charge < -0.3 is 75.4 Å². The van der Waals surface area contributed by atoms with E-state index in [2.05, 4.69) is 29.9 Å². The first kappa shape index (κ1) is 40.5. The Bertz CT molecular complexity index is 1720. The van der Waals surface area contributed by atoms with Crippen molar-refractivity contribution in [3.8, 4) is 0 Å². The number of imidazole rings is 2. The van der Waals surface area contributed by atoms with Gasteiger partial charge in [-0.1, -0.05) is 0 Å². The molecule has 0 aromatic carbocycles. The molecule has 244 valence electrons. The molecule has 4 aromatic rings. The fourth-order valence-electron chi connectivity index (χ4n) is 5.01. The number of aromatic nitrogens is 8. The predicted octanol–water partition coefficient (Wildman–Crippen LogP) is -15.5. The number of aliphatic carboxylic acids is 2. The van der Waals surface area contributed by atoms with Crippen molar-refractivity contribution in [2.75, 3.05) is 13.2 Å². The van der Waals surface area contributed by atoms with Crippen LogP contribution in [0.4, 0.5) is 0 Å². The van der Waals surface area contributed by atoms with Gasteiger partial charge in [0.2, 0.25) is 11.4 Å². The second kappa shape index (κ2) is 15.2. The zero-order valence-electron chi connectivity index (χ0n) is 24.3. The Kier molecular flexibility index (Phi) is 13.1.